The molecule has 0 aliphatic heterocycles. The minimum absolute atomic E-state index is 0.504. The molecule has 0 heterocycles. The van der Waals surface area contributed by atoms with Gasteiger partial charge in [-0.2, -0.15) is 0 Å². The van der Waals surface area contributed by atoms with Crippen molar-refractivity contribution in [1.82, 2.24) is 0 Å². The molecule has 102 valence electrons. The van der Waals surface area contributed by atoms with E-state index in [-0.39, 0.29) is 0 Å². The molecule has 0 fully saturated rings. The molecule has 3 N–H and O–H groups in total. The highest BCUT2D eigenvalue weighted by Gasteiger charge is 2.19. The van der Waals surface area contributed by atoms with Crippen LogP contribution in [-0.2, 0) is 0 Å². The lowest BCUT2D eigenvalue weighted by molar-refractivity contribution is 0.0923. The molecule has 0 radical (unpaired) electrons. The average Bonchev–Trinajstić information content (AvgIpc) is 2.42. The first-order valence-electron chi connectivity index (χ1n) is 6.53. The summed E-state index contributed by atoms with van der Waals surface area (Å²) in [6.07, 6.45) is 0.878. The number of aliphatic hydroxyl groups excluding tert-OH is 1. The number of aliphatic hydroxyl groups is 3. The van der Waals surface area contributed by atoms with Crippen LogP contribution in [0.5, 0.6) is 0 Å². The van der Waals surface area contributed by atoms with Gasteiger partial charge >= 0.3 is 0 Å². The molecule has 0 amide bonds. The first-order valence-corrected chi connectivity index (χ1v) is 6.53. The largest absolute Gasteiger partial charge is 0.378 e. The third-order valence-corrected chi connectivity index (χ3v) is 3.22. The van der Waals surface area contributed by atoms with Gasteiger partial charge in [-0.15, -0.1) is 0 Å². The van der Waals surface area contributed by atoms with Crippen molar-refractivity contribution in [2.45, 2.75) is 70.7 Å². The molecular formula is C15H24O3. The predicted octanol–water partition coefficient (Wildman–Crippen LogP) is 1.46. The fraction of sp³-hybridized carbons (Fsp3) is 0.733. The molecule has 0 aromatic heterocycles. The molecule has 0 spiro atoms. The Morgan fingerprint density at radius 2 is 1.06 bits per heavy atom. The maximum Gasteiger partial charge on any atom is 0.176 e. The molecule has 0 saturated carbocycles. The summed E-state index contributed by atoms with van der Waals surface area (Å²) < 4.78 is 0. The summed E-state index contributed by atoms with van der Waals surface area (Å²) in [6.45, 7) is 7.35. The van der Waals surface area contributed by atoms with Crippen LogP contribution < -0.4 is 0 Å². The summed E-state index contributed by atoms with van der Waals surface area (Å²) in [5.41, 5.74) is -2.12. The van der Waals surface area contributed by atoms with Gasteiger partial charge in [0, 0.05) is 0 Å². The second-order valence-electron chi connectivity index (χ2n) is 4.42. The number of rotatable bonds is 4. The first-order chi connectivity index (χ1) is 8.34. The van der Waals surface area contributed by atoms with Gasteiger partial charge in [-0.05, 0) is 25.7 Å². The van der Waals surface area contributed by atoms with E-state index in [1.165, 1.54) is 0 Å². The Morgan fingerprint density at radius 3 is 1.28 bits per heavy atom. The van der Waals surface area contributed by atoms with Crippen LogP contribution in [0.1, 0.15) is 53.4 Å². The summed E-state index contributed by atoms with van der Waals surface area (Å²) in [5, 5.41) is 29.4. The molecule has 18 heavy (non-hydrogen) atoms. The lowest BCUT2D eigenvalue weighted by Gasteiger charge is -2.18. The van der Waals surface area contributed by atoms with Gasteiger partial charge in [-0.1, -0.05) is 51.4 Å². The standard InChI is InChI=1S/C15H24O3/c1-5-14(17,6-2)11-9-13(16)10-12-15(18,7-3)8-4/h13,16-18H,5-8H2,1-4H3. The smallest absolute Gasteiger partial charge is 0.176 e. The van der Waals surface area contributed by atoms with Gasteiger partial charge in [0.2, 0.25) is 0 Å². The van der Waals surface area contributed by atoms with E-state index in [2.05, 4.69) is 23.7 Å². The van der Waals surface area contributed by atoms with Gasteiger partial charge in [-0.25, -0.2) is 0 Å². The predicted molar refractivity (Wildman–Crippen MR) is 72.6 cm³/mol. The van der Waals surface area contributed by atoms with Gasteiger partial charge in [-0.3, -0.25) is 0 Å². The summed E-state index contributed by atoms with van der Waals surface area (Å²) in [5.74, 6) is 10.3. The molecule has 0 rings (SSSR count). The van der Waals surface area contributed by atoms with E-state index in [9.17, 15) is 15.3 Å². The molecule has 3 nitrogen and oxygen atoms in total. The third-order valence-electron chi connectivity index (χ3n) is 3.22. The first kappa shape index (κ1) is 17.0. The lowest BCUT2D eigenvalue weighted by atomic mass is 9.97. The highest BCUT2D eigenvalue weighted by molar-refractivity contribution is 5.26. The lowest BCUT2D eigenvalue weighted by Crippen LogP contribution is -2.25. The zero-order valence-corrected chi connectivity index (χ0v) is 11.7. The molecule has 0 aromatic rings. The fourth-order valence-electron chi connectivity index (χ4n) is 1.30. The van der Waals surface area contributed by atoms with E-state index in [1.54, 1.807) is 0 Å². The van der Waals surface area contributed by atoms with Crippen LogP contribution in [0, 0.1) is 23.7 Å². The second-order valence-corrected chi connectivity index (χ2v) is 4.42. The van der Waals surface area contributed by atoms with Gasteiger partial charge < -0.3 is 15.3 Å². The van der Waals surface area contributed by atoms with E-state index in [0.29, 0.717) is 25.7 Å². The summed E-state index contributed by atoms with van der Waals surface area (Å²) in [4.78, 5) is 0. The van der Waals surface area contributed by atoms with Gasteiger partial charge in [0.25, 0.3) is 0 Å². The Balaban J connectivity index is 4.77. The Morgan fingerprint density at radius 1 is 0.778 bits per heavy atom. The van der Waals surface area contributed by atoms with Crippen molar-refractivity contribution in [2.24, 2.45) is 0 Å². The Hall–Kier alpha value is -1.00. The van der Waals surface area contributed by atoms with Crippen molar-refractivity contribution in [1.29, 1.82) is 0 Å². The fourth-order valence-corrected chi connectivity index (χ4v) is 1.30. The van der Waals surface area contributed by atoms with Crippen LogP contribution in [0.25, 0.3) is 0 Å². The Bertz CT molecular complexity index is 321. The van der Waals surface area contributed by atoms with Crippen LogP contribution in [0.4, 0.5) is 0 Å². The normalized spacial score (nSPS) is 11.6. The summed E-state index contributed by atoms with van der Waals surface area (Å²) in [7, 11) is 0. The highest BCUT2D eigenvalue weighted by atomic mass is 16.3. The van der Waals surface area contributed by atoms with E-state index >= 15 is 0 Å². The van der Waals surface area contributed by atoms with Crippen molar-refractivity contribution in [3.63, 3.8) is 0 Å². The molecule has 0 atom stereocenters. The van der Waals surface area contributed by atoms with Crippen molar-refractivity contribution in [3.05, 3.63) is 0 Å². The van der Waals surface area contributed by atoms with Crippen molar-refractivity contribution in [2.75, 3.05) is 0 Å². The van der Waals surface area contributed by atoms with E-state index in [1.807, 2.05) is 27.7 Å². The van der Waals surface area contributed by atoms with Crippen LogP contribution in [0.2, 0.25) is 0 Å². The van der Waals surface area contributed by atoms with Gasteiger partial charge in [0.15, 0.2) is 6.10 Å². The summed E-state index contributed by atoms with van der Waals surface area (Å²) >= 11 is 0. The topological polar surface area (TPSA) is 60.7 Å². The Kier molecular flexibility index (Phi) is 7.02. The zero-order chi connectivity index (χ0) is 14.2. The number of hydrogen-bond donors (Lipinski definition) is 3. The molecule has 0 aromatic carbocycles. The maximum absolute atomic E-state index is 9.92. The average molecular weight is 252 g/mol. The molecular weight excluding hydrogens is 228 g/mol. The molecule has 0 saturated heterocycles. The van der Waals surface area contributed by atoms with E-state index < -0.39 is 17.3 Å². The molecule has 0 bridgehead atoms. The molecule has 3 heteroatoms. The van der Waals surface area contributed by atoms with Crippen LogP contribution in [0.15, 0.2) is 0 Å². The van der Waals surface area contributed by atoms with E-state index in [4.69, 9.17) is 0 Å². The SMILES string of the molecule is CCC(O)(C#CC(O)C#CC(O)(CC)CC)CC. The quantitative estimate of drug-likeness (QED) is 0.664. The monoisotopic (exact) mass is 252 g/mol. The minimum Gasteiger partial charge on any atom is -0.378 e. The zero-order valence-electron chi connectivity index (χ0n) is 11.7. The molecule has 0 aliphatic rings. The van der Waals surface area contributed by atoms with Crippen LogP contribution >= 0.6 is 0 Å². The molecule has 0 unspecified atom stereocenters. The van der Waals surface area contributed by atoms with Crippen LogP contribution in [-0.4, -0.2) is 32.6 Å². The minimum atomic E-state index is -1.14. The number of hydrogen-bond acceptors (Lipinski definition) is 3. The van der Waals surface area contributed by atoms with Crippen LogP contribution in [0.3, 0.4) is 0 Å². The third kappa shape index (κ3) is 5.56. The maximum atomic E-state index is 9.92. The van der Waals surface area contributed by atoms with Crippen molar-refractivity contribution >= 4 is 0 Å². The molecule has 0 aliphatic carbocycles. The van der Waals surface area contributed by atoms with Gasteiger partial charge in [0.1, 0.15) is 11.2 Å². The Labute approximate surface area is 110 Å². The highest BCUT2D eigenvalue weighted by Crippen LogP contribution is 2.13. The van der Waals surface area contributed by atoms with Crippen molar-refractivity contribution < 1.29 is 15.3 Å². The second kappa shape index (κ2) is 7.44. The van der Waals surface area contributed by atoms with Gasteiger partial charge in [0.05, 0.1) is 0 Å². The van der Waals surface area contributed by atoms with E-state index in [0.717, 1.165) is 0 Å². The summed E-state index contributed by atoms with van der Waals surface area (Å²) in [6, 6.07) is 0. The van der Waals surface area contributed by atoms with Crippen molar-refractivity contribution in [3.8, 4) is 23.7 Å².